The standard InChI is InChI=1S/C18H21ClO/c1-12(17(20)13-8-6-5-7-9-13)15-10-14(11-16(15)19)18(2,3)4/h5-12,16H,1-4H3. The molecule has 0 saturated carbocycles. The van der Waals surface area contributed by atoms with E-state index in [0.29, 0.717) is 0 Å². The first-order chi connectivity index (χ1) is 9.30. The first-order valence-electron chi connectivity index (χ1n) is 6.98. The van der Waals surface area contributed by atoms with E-state index in [2.05, 4.69) is 32.9 Å². The van der Waals surface area contributed by atoms with Crippen LogP contribution in [-0.2, 0) is 0 Å². The largest absolute Gasteiger partial charge is 0.294 e. The highest BCUT2D eigenvalue weighted by Crippen LogP contribution is 2.38. The Morgan fingerprint density at radius 1 is 1.20 bits per heavy atom. The van der Waals surface area contributed by atoms with Gasteiger partial charge < -0.3 is 0 Å². The molecule has 20 heavy (non-hydrogen) atoms. The SMILES string of the molecule is CC(C(=O)c1ccccc1)C1=CC(C(C)(C)C)=CC1Cl. The Hall–Kier alpha value is -1.34. The second-order valence-electron chi connectivity index (χ2n) is 6.37. The molecule has 0 fully saturated rings. The van der Waals surface area contributed by atoms with E-state index in [-0.39, 0.29) is 22.5 Å². The number of benzene rings is 1. The van der Waals surface area contributed by atoms with E-state index in [1.54, 1.807) is 0 Å². The Labute approximate surface area is 126 Å². The fourth-order valence-corrected chi connectivity index (χ4v) is 2.78. The maximum atomic E-state index is 12.5. The average molecular weight is 289 g/mol. The Balaban J connectivity index is 2.23. The number of carbonyl (C=O) groups excluding carboxylic acids is 1. The van der Waals surface area contributed by atoms with Gasteiger partial charge in [-0.1, -0.05) is 70.2 Å². The molecule has 0 bridgehead atoms. The summed E-state index contributed by atoms with van der Waals surface area (Å²) >= 11 is 6.41. The Morgan fingerprint density at radius 2 is 1.80 bits per heavy atom. The van der Waals surface area contributed by atoms with Crippen LogP contribution < -0.4 is 0 Å². The first-order valence-corrected chi connectivity index (χ1v) is 7.41. The monoisotopic (exact) mass is 288 g/mol. The van der Waals surface area contributed by atoms with Gasteiger partial charge in [-0.3, -0.25) is 4.79 Å². The molecule has 2 atom stereocenters. The lowest BCUT2D eigenvalue weighted by atomic mass is 9.86. The molecule has 0 aromatic heterocycles. The molecule has 2 heteroatoms. The Morgan fingerprint density at radius 3 is 2.30 bits per heavy atom. The summed E-state index contributed by atoms with van der Waals surface area (Å²) in [4.78, 5) is 12.5. The second-order valence-corrected chi connectivity index (χ2v) is 6.84. The van der Waals surface area contributed by atoms with Gasteiger partial charge in [0.1, 0.15) is 0 Å². The van der Waals surface area contributed by atoms with Crippen molar-refractivity contribution in [1.82, 2.24) is 0 Å². The van der Waals surface area contributed by atoms with Crippen LogP contribution in [0.1, 0.15) is 38.1 Å². The number of carbonyl (C=O) groups is 1. The normalized spacial score (nSPS) is 20.4. The molecule has 1 nitrogen and oxygen atoms in total. The van der Waals surface area contributed by atoms with Gasteiger partial charge in [0.2, 0.25) is 0 Å². The molecule has 1 aliphatic rings. The number of Topliss-reactive ketones (excluding diaryl/α,β-unsaturated/α-hetero) is 1. The number of alkyl halides is 1. The lowest BCUT2D eigenvalue weighted by Gasteiger charge is -2.18. The molecule has 1 aliphatic carbocycles. The third-order valence-electron chi connectivity index (χ3n) is 3.78. The van der Waals surface area contributed by atoms with E-state index < -0.39 is 0 Å². The molecule has 0 radical (unpaired) electrons. The van der Waals surface area contributed by atoms with Crippen molar-refractivity contribution in [3.63, 3.8) is 0 Å². The van der Waals surface area contributed by atoms with Crippen molar-refractivity contribution in [2.75, 3.05) is 0 Å². The van der Waals surface area contributed by atoms with Gasteiger partial charge in [0.05, 0.1) is 5.38 Å². The van der Waals surface area contributed by atoms with Gasteiger partial charge >= 0.3 is 0 Å². The minimum atomic E-state index is -0.184. The van der Waals surface area contributed by atoms with E-state index >= 15 is 0 Å². The van der Waals surface area contributed by atoms with Crippen molar-refractivity contribution in [1.29, 1.82) is 0 Å². The molecule has 0 amide bonds. The van der Waals surface area contributed by atoms with Crippen molar-refractivity contribution >= 4 is 17.4 Å². The second kappa shape index (κ2) is 5.57. The lowest BCUT2D eigenvalue weighted by Crippen LogP contribution is -2.17. The summed E-state index contributed by atoms with van der Waals surface area (Å²) in [6, 6.07) is 9.41. The van der Waals surface area contributed by atoms with E-state index in [0.717, 1.165) is 11.1 Å². The van der Waals surface area contributed by atoms with Crippen LogP contribution in [0, 0.1) is 11.3 Å². The van der Waals surface area contributed by atoms with Crippen LogP contribution in [0.3, 0.4) is 0 Å². The average Bonchev–Trinajstić information content (AvgIpc) is 2.80. The third kappa shape index (κ3) is 3.04. The van der Waals surface area contributed by atoms with Gasteiger partial charge in [0.25, 0.3) is 0 Å². The number of allylic oxidation sites excluding steroid dienone is 4. The molecule has 0 spiro atoms. The van der Waals surface area contributed by atoms with Crippen molar-refractivity contribution in [2.24, 2.45) is 11.3 Å². The molecular formula is C18H21ClO. The van der Waals surface area contributed by atoms with Gasteiger partial charge in [-0.2, -0.15) is 0 Å². The maximum absolute atomic E-state index is 12.5. The van der Waals surface area contributed by atoms with Crippen LogP contribution in [-0.4, -0.2) is 11.2 Å². The third-order valence-corrected chi connectivity index (χ3v) is 4.16. The number of rotatable bonds is 3. The molecule has 1 aromatic rings. The number of halogens is 1. The lowest BCUT2D eigenvalue weighted by molar-refractivity contribution is 0.0947. The summed E-state index contributed by atoms with van der Waals surface area (Å²) in [6.07, 6.45) is 4.16. The zero-order valence-electron chi connectivity index (χ0n) is 12.5. The summed E-state index contributed by atoms with van der Waals surface area (Å²) in [5, 5.41) is -0.174. The predicted molar refractivity (Wildman–Crippen MR) is 85.2 cm³/mol. The zero-order valence-corrected chi connectivity index (χ0v) is 13.2. The highest BCUT2D eigenvalue weighted by atomic mass is 35.5. The van der Waals surface area contributed by atoms with Crippen molar-refractivity contribution in [3.05, 3.63) is 59.2 Å². The van der Waals surface area contributed by atoms with Crippen LogP contribution in [0.2, 0.25) is 0 Å². The smallest absolute Gasteiger partial charge is 0.169 e. The van der Waals surface area contributed by atoms with Crippen LogP contribution in [0.4, 0.5) is 0 Å². The summed E-state index contributed by atoms with van der Waals surface area (Å²) in [7, 11) is 0. The van der Waals surface area contributed by atoms with Crippen LogP contribution >= 0.6 is 11.6 Å². The van der Waals surface area contributed by atoms with E-state index in [9.17, 15) is 4.79 Å². The molecule has 0 aliphatic heterocycles. The van der Waals surface area contributed by atoms with Crippen molar-refractivity contribution in [3.8, 4) is 0 Å². The van der Waals surface area contributed by atoms with E-state index in [1.165, 1.54) is 5.57 Å². The van der Waals surface area contributed by atoms with Gasteiger partial charge in [-0.05, 0) is 16.6 Å². The topological polar surface area (TPSA) is 17.1 Å². The van der Waals surface area contributed by atoms with Crippen LogP contribution in [0.15, 0.2) is 53.6 Å². The molecule has 2 unspecified atom stereocenters. The number of hydrogen-bond acceptors (Lipinski definition) is 1. The van der Waals surface area contributed by atoms with Crippen molar-refractivity contribution < 1.29 is 4.79 Å². The fraction of sp³-hybridized carbons (Fsp3) is 0.389. The molecule has 0 N–H and O–H groups in total. The summed E-state index contributed by atoms with van der Waals surface area (Å²) in [5.74, 6) is -0.0536. The molecule has 1 aromatic carbocycles. The van der Waals surface area contributed by atoms with Gasteiger partial charge in [-0.25, -0.2) is 0 Å². The summed E-state index contributed by atoms with van der Waals surface area (Å²) in [6.45, 7) is 8.42. The van der Waals surface area contributed by atoms with Crippen LogP contribution in [0.5, 0.6) is 0 Å². The Kier molecular flexibility index (Phi) is 4.19. The fourth-order valence-electron chi connectivity index (χ4n) is 2.40. The van der Waals surface area contributed by atoms with Gasteiger partial charge in [0.15, 0.2) is 5.78 Å². The Bertz CT molecular complexity index is 561. The molecule has 106 valence electrons. The van der Waals surface area contributed by atoms with Gasteiger partial charge in [-0.15, -0.1) is 11.6 Å². The van der Waals surface area contributed by atoms with Crippen molar-refractivity contribution in [2.45, 2.75) is 33.1 Å². The van der Waals surface area contributed by atoms with Gasteiger partial charge in [0, 0.05) is 11.5 Å². The summed E-state index contributed by atoms with van der Waals surface area (Å²) < 4.78 is 0. The molecule has 0 saturated heterocycles. The maximum Gasteiger partial charge on any atom is 0.169 e. The van der Waals surface area contributed by atoms with Crippen LogP contribution in [0.25, 0.3) is 0 Å². The highest BCUT2D eigenvalue weighted by Gasteiger charge is 2.30. The minimum Gasteiger partial charge on any atom is -0.294 e. The number of ketones is 1. The van der Waals surface area contributed by atoms with E-state index in [4.69, 9.17) is 11.6 Å². The zero-order chi connectivity index (χ0) is 14.9. The molecule has 0 heterocycles. The minimum absolute atomic E-state index is 0.0599. The predicted octanol–water partition coefficient (Wildman–Crippen LogP) is 5.03. The highest BCUT2D eigenvalue weighted by molar-refractivity contribution is 6.24. The molecule has 2 rings (SSSR count). The quantitative estimate of drug-likeness (QED) is 0.563. The first kappa shape index (κ1) is 15.1. The summed E-state index contributed by atoms with van der Waals surface area (Å²) in [5.41, 5.74) is 3.02. The number of hydrogen-bond donors (Lipinski definition) is 0. The molecular weight excluding hydrogens is 268 g/mol. The van der Waals surface area contributed by atoms with E-state index in [1.807, 2.05) is 37.3 Å².